The zero-order valence-electron chi connectivity index (χ0n) is 38.8. The Balaban J connectivity index is 1.04. The average molecular weight is 967 g/mol. The second kappa shape index (κ2) is 20.2. The number of H-pyrrole nitrogens is 1. The molecule has 2 aliphatic heterocycles. The Kier molecular flexibility index (Phi) is 14.4. The molecule has 2 aromatic heterocycles. The lowest BCUT2D eigenvalue weighted by molar-refractivity contribution is -0.383. The molecule has 1 aliphatic carbocycles. The zero-order chi connectivity index (χ0) is 48.3. The number of nitrogens with one attached hydrogen (secondary N) is 2. The van der Waals surface area contributed by atoms with Crippen molar-refractivity contribution in [3.8, 4) is 11.5 Å². The minimum Gasteiger partial charge on any atom is -0.455 e. The van der Waals surface area contributed by atoms with E-state index in [1.165, 1.54) is 39.9 Å². The van der Waals surface area contributed by atoms with Crippen molar-refractivity contribution in [1.29, 1.82) is 0 Å². The van der Waals surface area contributed by atoms with Gasteiger partial charge in [0, 0.05) is 55.4 Å². The Labute approximate surface area is 402 Å². The molecule has 68 heavy (non-hydrogen) atoms. The number of rotatable bonds is 13. The van der Waals surface area contributed by atoms with Gasteiger partial charge in [0.25, 0.3) is 22.9 Å². The van der Waals surface area contributed by atoms with Gasteiger partial charge in [0.2, 0.25) is 0 Å². The lowest BCUT2D eigenvalue weighted by Crippen LogP contribution is -2.49. The molecule has 1 fully saturated rings. The number of aromatic nitrogens is 2. The lowest BCUT2D eigenvalue weighted by atomic mass is 9.72. The van der Waals surface area contributed by atoms with Gasteiger partial charge in [0.05, 0.1) is 41.6 Å². The Morgan fingerprint density at radius 3 is 2.57 bits per heavy atom. The highest BCUT2D eigenvalue weighted by molar-refractivity contribution is 7.81. The summed E-state index contributed by atoms with van der Waals surface area (Å²) in [5.74, 6) is -0.502. The van der Waals surface area contributed by atoms with Gasteiger partial charge in [-0.15, -0.1) is 0 Å². The summed E-state index contributed by atoms with van der Waals surface area (Å²) in [5.41, 5.74) is 5.45. The number of benzene rings is 3. The second-order valence-electron chi connectivity index (χ2n) is 19.1. The predicted octanol–water partition coefficient (Wildman–Crippen LogP) is 10.5. The number of ether oxygens (including phenoxy) is 3. The van der Waals surface area contributed by atoms with Crippen LogP contribution in [0, 0.1) is 15.5 Å². The zero-order valence-corrected chi connectivity index (χ0v) is 40.3. The molecule has 1 saturated heterocycles. The summed E-state index contributed by atoms with van der Waals surface area (Å²) in [6.45, 7) is 13.2. The molecule has 3 N–H and O–H groups in total. The summed E-state index contributed by atoms with van der Waals surface area (Å²) in [4.78, 5) is 50.5. The van der Waals surface area contributed by atoms with Gasteiger partial charge in [-0.05, 0) is 123 Å². The summed E-state index contributed by atoms with van der Waals surface area (Å²) in [5, 5.41) is 17.0. The number of aromatic amines is 1. The summed E-state index contributed by atoms with van der Waals surface area (Å²) in [6.07, 6.45) is 8.31. The minimum absolute atomic E-state index is 0.0564. The number of fused-ring (bicyclic) bond motifs is 1. The van der Waals surface area contributed by atoms with Crippen LogP contribution < -0.4 is 14.4 Å². The molecule has 0 bridgehead atoms. The quantitative estimate of drug-likeness (QED) is 0.0575. The molecule has 2 atom stereocenters. The van der Waals surface area contributed by atoms with Crippen molar-refractivity contribution >= 4 is 74.1 Å². The average Bonchev–Trinajstić information content (AvgIpc) is 3.77. The number of morpholine rings is 1. The molecular formula is C50H56ClN7O9S. The van der Waals surface area contributed by atoms with Crippen LogP contribution in [0.1, 0.15) is 81.8 Å². The highest BCUT2D eigenvalue weighted by Gasteiger charge is 2.33. The lowest BCUT2D eigenvalue weighted by Gasteiger charge is -2.36. The third-order valence-electron chi connectivity index (χ3n) is 12.3. The van der Waals surface area contributed by atoms with Crippen LogP contribution >= 0.6 is 11.6 Å². The van der Waals surface area contributed by atoms with E-state index in [0.29, 0.717) is 33.8 Å². The Hall–Kier alpha value is -6.11. The first kappa shape index (κ1) is 48.4. The van der Waals surface area contributed by atoms with Crippen LogP contribution in [0.25, 0.3) is 22.2 Å². The van der Waals surface area contributed by atoms with E-state index in [2.05, 4.69) is 52.2 Å². The van der Waals surface area contributed by atoms with Crippen molar-refractivity contribution in [2.45, 2.75) is 72.0 Å². The number of carbonyl (C=O) groups is 2. The molecule has 3 aromatic carbocycles. The van der Waals surface area contributed by atoms with Crippen LogP contribution in [0.3, 0.4) is 0 Å². The first-order valence-electron chi connectivity index (χ1n) is 22.6. The molecule has 8 rings (SSSR count). The van der Waals surface area contributed by atoms with E-state index in [4.69, 9.17) is 25.8 Å². The fourth-order valence-electron chi connectivity index (χ4n) is 8.83. The van der Waals surface area contributed by atoms with Crippen LogP contribution in [0.15, 0.2) is 96.8 Å². The number of carbonyl (C=O) groups excluding carboxylic acids is 2. The van der Waals surface area contributed by atoms with Gasteiger partial charge in [0.15, 0.2) is 0 Å². The molecule has 16 nitrogen and oxygen atoms in total. The van der Waals surface area contributed by atoms with Crippen molar-refractivity contribution in [2.24, 2.45) is 5.41 Å². The molecule has 0 spiro atoms. The van der Waals surface area contributed by atoms with Crippen LogP contribution in [-0.2, 0) is 20.7 Å². The number of nitrogens with zero attached hydrogens (tertiary/aromatic N) is 5. The molecule has 358 valence electrons. The van der Waals surface area contributed by atoms with Gasteiger partial charge < -0.3 is 29.4 Å². The van der Waals surface area contributed by atoms with Gasteiger partial charge in [0.1, 0.15) is 28.4 Å². The van der Waals surface area contributed by atoms with Crippen LogP contribution in [0.2, 0.25) is 5.02 Å². The Morgan fingerprint density at radius 2 is 1.85 bits per heavy atom. The smallest absolute Gasteiger partial charge is 0.410 e. The van der Waals surface area contributed by atoms with Gasteiger partial charge in [-0.1, -0.05) is 55.3 Å². The molecule has 4 heterocycles. The van der Waals surface area contributed by atoms with Gasteiger partial charge >= 0.3 is 6.09 Å². The van der Waals surface area contributed by atoms with Crippen molar-refractivity contribution in [3.63, 3.8) is 0 Å². The minimum atomic E-state index is -2.97. The maximum Gasteiger partial charge on any atom is 0.410 e. The molecule has 2 unspecified atom stereocenters. The van der Waals surface area contributed by atoms with Gasteiger partial charge in [-0.3, -0.25) is 24.4 Å². The second-order valence-corrected chi connectivity index (χ2v) is 20.4. The third-order valence-corrected chi connectivity index (χ3v) is 13.3. The van der Waals surface area contributed by atoms with Crippen LogP contribution in [0.5, 0.6) is 11.5 Å². The van der Waals surface area contributed by atoms with E-state index in [-0.39, 0.29) is 47.8 Å². The summed E-state index contributed by atoms with van der Waals surface area (Å²) in [7, 11) is 0. The molecule has 0 saturated carbocycles. The van der Waals surface area contributed by atoms with E-state index in [0.717, 1.165) is 61.4 Å². The van der Waals surface area contributed by atoms with Crippen LogP contribution in [0.4, 0.5) is 21.9 Å². The number of hydrogen-bond donors (Lipinski definition) is 3. The first-order valence-corrected chi connectivity index (χ1v) is 24.0. The number of pyridine rings is 1. The van der Waals surface area contributed by atoms with E-state index in [9.17, 15) is 28.5 Å². The predicted molar refractivity (Wildman–Crippen MR) is 264 cm³/mol. The van der Waals surface area contributed by atoms with Crippen LogP contribution in [-0.4, -0.2) is 103 Å². The number of hydrogen-bond acceptors (Lipinski definition) is 11. The number of allylic oxidation sites excluding steroid dienone is 1. The summed E-state index contributed by atoms with van der Waals surface area (Å²) in [6, 6.07) is 20.6. The highest BCUT2D eigenvalue weighted by atomic mass is 35.5. The van der Waals surface area contributed by atoms with E-state index in [1.54, 1.807) is 51.2 Å². The van der Waals surface area contributed by atoms with Gasteiger partial charge in [-0.25, -0.2) is 18.3 Å². The molecule has 3 aliphatic rings. The Bertz CT molecular complexity index is 2800. The Morgan fingerprint density at radius 1 is 1.07 bits per heavy atom. The van der Waals surface area contributed by atoms with Crippen molar-refractivity contribution in [3.05, 3.63) is 129 Å². The monoisotopic (exact) mass is 965 g/mol. The van der Waals surface area contributed by atoms with Crippen molar-refractivity contribution < 1.29 is 37.5 Å². The third kappa shape index (κ3) is 11.6. The van der Waals surface area contributed by atoms with Gasteiger partial charge in [-0.2, -0.15) is 0 Å². The first-order chi connectivity index (χ1) is 32.4. The largest absolute Gasteiger partial charge is 0.455 e. The maximum absolute atomic E-state index is 14.5. The molecule has 2 amide bonds. The SMILES string of the molecule is CC1(C)CCC(CN2CC=C(c3ccc(C(=O)N(c4ccc(NCC5CN(C(=O)OC(C)(C)C)CCO5)c([N+](=O)[O-])c4)S(=O)O)c(Oc4cnc5[nH]ccc5c4)c3)CC2)=C(c2ccc(Cl)cc2)C1. The maximum atomic E-state index is 14.5. The number of nitro groups is 1. The van der Waals surface area contributed by atoms with E-state index < -0.39 is 45.6 Å². The fraction of sp³-hybridized carbons (Fsp3) is 0.380. The molecule has 5 aromatic rings. The van der Waals surface area contributed by atoms with Crippen molar-refractivity contribution in [1.82, 2.24) is 19.8 Å². The molecular weight excluding hydrogens is 910 g/mol. The number of halogens is 1. The number of amides is 2. The van der Waals surface area contributed by atoms with E-state index >= 15 is 0 Å². The molecule has 0 radical (unpaired) electrons. The standard InChI is InChI=1S/C50H56ClN7O9S/c1-49(2,3)67-48(60)56-22-23-65-40(31-56)29-53-43-13-11-38(26-44(43)58(61)62)57(68(63)64)47(59)41-12-8-34(25-45(41)66-39-24-35-15-19-52-46(35)54-28-39)32-16-20-55(21-17-32)30-36-14-18-50(4,5)27-42(36)33-6-9-37(51)10-7-33/h6-13,15-16,19,24-26,28,40,53H,14,17-18,20-23,27,29-31H2,1-5H3,(H,52,54)(H,63,64). The normalized spacial score (nSPS) is 18.2. The highest BCUT2D eigenvalue weighted by Crippen LogP contribution is 2.44. The summed E-state index contributed by atoms with van der Waals surface area (Å²) >= 11 is 3.28. The fourth-order valence-corrected chi connectivity index (χ4v) is 9.49. The number of nitro benzene ring substituents is 1. The molecule has 18 heteroatoms. The van der Waals surface area contributed by atoms with Crippen molar-refractivity contribution in [2.75, 3.05) is 55.5 Å². The topological polar surface area (TPSA) is 193 Å². The summed E-state index contributed by atoms with van der Waals surface area (Å²) < 4.78 is 42.1. The number of anilines is 2. The van der Waals surface area contributed by atoms with E-state index in [1.807, 2.05) is 18.2 Å².